The summed E-state index contributed by atoms with van der Waals surface area (Å²) in [7, 11) is 0. The van der Waals surface area contributed by atoms with Crippen molar-refractivity contribution in [2.45, 2.75) is 6.10 Å². The second-order valence-corrected chi connectivity index (χ2v) is 5.37. The number of aliphatic hydroxyl groups is 1. The van der Waals surface area contributed by atoms with E-state index in [9.17, 15) is 9.90 Å². The molecule has 3 rings (SSSR count). The van der Waals surface area contributed by atoms with Crippen molar-refractivity contribution in [1.82, 2.24) is 5.32 Å². The molecule has 2 heterocycles. The van der Waals surface area contributed by atoms with Gasteiger partial charge in [0.2, 0.25) is 0 Å². The van der Waals surface area contributed by atoms with E-state index >= 15 is 0 Å². The molecule has 5 heteroatoms. The van der Waals surface area contributed by atoms with Crippen LogP contribution in [0.1, 0.15) is 21.5 Å². The highest BCUT2D eigenvalue weighted by atomic mass is 32.1. The maximum atomic E-state index is 12.0. The van der Waals surface area contributed by atoms with Crippen LogP contribution in [0.4, 0.5) is 0 Å². The van der Waals surface area contributed by atoms with Gasteiger partial charge in [0.1, 0.15) is 11.7 Å². The Kier molecular flexibility index (Phi) is 3.54. The summed E-state index contributed by atoms with van der Waals surface area (Å²) in [4.78, 5) is 12.8. The third-order valence-electron chi connectivity index (χ3n) is 2.98. The lowest BCUT2D eigenvalue weighted by molar-refractivity contribution is 0.0893. The molecule has 2 N–H and O–H groups in total. The first kappa shape index (κ1) is 12.9. The van der Waals surface area contributed by atoms with E-state index in [-0.39, 0.29) is 18.2 Å². The maximum Gasteiger partial charge on any atom is 0.287 e. The Morgan fingerprint density at radius 3 is 2.90 bits per heavy atom. The molecular formula is C15H13NO3S. The summed E-state index contributed by atoms with van der Waals surface area (Å²) in [6, 6.07) is 12.8. The Hall–Kier alpha value is -2.11. The monoisotopic (exact) mass is 287 g/mol. The second kappa shape index (κ2) is 5.48. The van der Waals surface area contributed by atoms with Crippen LogP contribution in [-0.2, 0) is 0 Å². The molecule has 0 saturated heterocycles. The van der Waals surface area contributed by atoms with Crippen LogP contribution < -0.4 is 5.32 Å². The van der Waals surface area contributed by atoms with Gasteiger partial charge in [-0.05, 0) is 23.6 Å². The number of para-hydroxylation sites is 1. The van der Waals surface area contributed by atoms with Gasteiger partial charge < -0.3 is 14.8 Å². The van der Waals surface area contributed by atoms with Crippen LogP contribution in [0.5, 0.6) is 0 Å². The molecule has 3 aromatic rings. The van der Waals surface area contributed by atoms with E-state index in [0.717, 1.165) is 10.3 Å². The number of hydrogen-bond acceptors (Lipinski definition) is 4. The normalized spacial score (nSPS) is 12.4. The molecule has 0 radical (unpaired) electrons. The molecule has 20 heavy (non-hydrogen) atoms. The van der Waals surface area contributed by atoms with Gasteiger partial charge in [0.25, 0.3) is 5.91 Å². The van der Waals surface area contributed by atoms with Gasteiger partial charge in [-0.1, -0.05) is 24.3 Å². The van der Waals surface area contributed by atoms with Crippen LogP contribution in [-0.4, -0.2) is 17.6 Å². The number of fused-ring (bicyclic) bond motifs is 1. The highest BCUT2D eigenvalue weighted by Crippen LogP contribution is 2.20. The molecule has 0 fully saturated rings. The van der Waals surface area contributed by atoms with E-state index in [0.29, 0.717) is 5.58 Å². The van der Waals surface area contributed by atoms with E-state index in [4.69, 9.17) is 4.42 Å². The topological polar surface area (TPSA) is 62.5 Å². The van der Waals surface area contributed by atoms with E-state index in [1.807, 2.05) is 41.8 Å². The van der Waals surface area contributed by atoms with E-state index in [2.05, 4.69) is 5.32 Å². The fourth-order valence-corrected chi connectivity index (χ4v) is 2.66. The highest BCUT2D eigenvalue weighted by Gasteiger charge is 2.14. The number of rotatable bonds is 4. The molecule has 1 amide bonds. The van der Waals surface area contributed by atoms with E-state index in [1.54, 1.807) is 6.07 Å². The van der Waals surface area contributed by atoms with Gasteiger partial charge in [0.15, 0.2) is 5.76 Å². The first-order valence-electron chi connectivity index (χ1n) is 6.22. The van der Waals surface area contributed by atoms with Crippen LogP contribution in [0, 0.1) is 0 Å². The Labute approximate surface area is 119 Å². The number of thiophene rings is 1. The fraction of sp³-hybridized carbons (Fsp3) is 0.133. The second-order valence-electron chi connectivity index (χ2n) is 4.39. The third-order valence-corrected chi connectivity index (χ3v) is 3.95. The minimum Gasteiger partial charge on any atom is -0.451 e. The van der Waals surface area contributed by atoms with Gasteiger partial charge in [-0.15, -0.1) is 11.3 Å². The summed E-state index contributed by atoms with van der Waals surface area (Å²) < 4.78 is 5.46. The zero-order valence-corrected chi connectivity index (χ0v) is 11.4. The molecule has 0 aliphatic heterocycles. The molecule has 102 valence electrons. The van der Waals surface area contributed by atoms with Crippen LogP contribution in [0.15, 0.2) is 52.3 Å². The number of furan rings is 1. The Bertz CT molecular complexity index is 685. The van der Waals surface area contributed by atoms with Crippen molar-refractivity contribution in [3.05, 3.63) is 58.5 Å². The minimum atomic E-state index is -0.691. The molecule has 0 bridgehead atoms. The smallest absolute Gasteiger partial charge is 0.287 e. The zero-order chi connectivity index (χ0) is 13.9. The number of nitrogens with one attached hydrogen (secondary N) is 1. The molecule has 4 nitrogen and oxygen atoms in total. The summed E-state index contributed by atoms with van der Waals surface area (Å²) in [6.45, 7) is 0.163. The third kappa shape index (κ3) is 2.59. The number of amides is 1. The van der Waals surface area contributed by atoms with E-state index in [1.165, 1.54) is 11.3 Å². The molecule has 0 aliphatic rings. The highest BCUT2D eigenvalue weighted by molar-refractivity contribution is 7.10. The van der Waals surface area contributed by atoms with Gasteiger partial charge in [-0.2, -0.15) is 0 Å². The van der Waals surface area contributed by atoms with Crippen molar-refractivity contribution in [3.8, 4) is 0 Å². The predicted molar refractivity (Wildman–Crippen MR) is 77.8 cm³/mol. The molecular weight excluding hydrogens is 274 g/mol. The van der Waals surface area contributed by atoms with Crippen molar-refractivity contribution < 1.29 is 14.3 Å². The SMILES string of the molecule is O=C(NCC(O)c1cccs1)c1cc2ccccc2o1. The lowest BCUT2D eigenvalue weighted by Gasteiger charge is -2.08. The Morgan fingerprint density at radius 1 is 1.30 bits per heavy atom. The number of aliphatic hydroxyl groups excluding tert-OH is 1. The van der Waals surface area contributed by atoms with Crippen LogP contribution in [0.3, 0.4) is 0 Å². The first-order chi connectivity index (χ1) is 9.74. The zero-order valence-electron chi connectivity index (χ0n) is 10.6. The van der Waals surface area contributed by atoms with Crippen molar-refractivity contribution in [2.24, 2.45) is 0 Å². The summed E-state index contributed by atoms with van der Waals surface area (Å²) >= 11 is 1.46. The van der Waals surface area contributed by atoms with Gasteiger partial charge >= 0.3 is 0 Å². The lowest BCUT2D eigenvalue weighted by atomic mass is 10.2. The number of hydrogen-bond donors (Lipinski definition) is 2. The first-order valence-corrected chi connectivity index (χ1v) is 7.10. The van der Waals surface area contributed by atoms with Crippen LogP contribution in [0.25, 0.3) is 11.0 Å². The Morgan fingerprint density at radius 2 is 2.15 bits per heavy atom. The van der Waals surface area contributed by atoms with Gasteiger partial charge in [-0.3, -0.25) is 4.79 Å². The molecule has 1 atom stereocenters. The van der Waals surface area contributed by atoms with Gasteiger partial charge in [-0.25, -0.2) is 0 Å². The summed E-state index contributed by atoms with van der Waals surface area (Å²) in [5.74, 6) is -0.0682. The van der Waals surface area contributed by atoms with Crippen molar-refractivity contribution in [2.75, 3.05) is 6.54 Å². The van der Waals surface area contributed by atoms with Gasteiger partial charge in [0.05, 0.1) is 0 Å². The largest absolute Gasteiger partial charge is 0.451 e. The summed E-state index contributed by atoms with van der Waals surface area (Å²) in [5.41, 5.74) is 0.677. The van der Waals surface area contributed by atoms with Crippen LogP contribution in [0.2, 0.25) is 0 Å². The summed E-state index contributed by atoms with van der Waals surface area (Å²) in [5, 5.41) is 15.4. The number of carbonyl (C=O) groups excluding carboxylic acids is 1. The average molecular weight is 287 g/mol. The minimum absolute atomic E-state index is 0.163. The maximum absolute atomic E-state index is 12.0. The lowest BCUT2D eigenvalue weighted by Crippen LogP contribution is -2.27. The number of carbonyl (C=O) groups is 1. The molecule has 0 saturated carbocycles. The molecule has 2 aromatic heterocycles. The Balaban J connectivity index is 1.67. The standard InChI is InChI=1S/C15H13NO3S/c17-11(14-6-3-7-20-14)9-16-15(18)13-8-10-4-1-2-5-12(10)19-13/h1-8,11,17H,9H2,(H,16,18). The molecule has 0 aliphatic carbocycles. The molecule has 0 spiro atoms. The fourth-order valence-electron chi connectivity index (χ4n) is 1.95. The quantitative estimate of drug-likeness (QED) is 0.775. The summed E-state index contributed by atoms with van der Waals surface area (Å²) in [6.07, 6.45) is -0.691. The van der Waals surface area contributed by atoms with Crippen LogP contribution >= 0.6 is 11.3 Å². The van der Waals surface area contributed by atoms with Crippen molar-refractivity contribution in [3.63, 3.8) is 0 Å². The number of benzene rings is 1. The average Bonchev–Trinajstić information content (AvgIpc) is 3.12. The predicted octanol–water partition coefficient (Wildman–Crippen LogP) is 2.96. The van der Waals surface area contributed by atoms with Gasteiger partial charge in [0, 0.05) is 16.8 Å². The molecule has 1 unspecified atom stereocenters. The molecule has 1 aromatic carbocycles. The van der Waals surface area contributed by atoms with Crippen molar-refractivity contribution in [1.29, 1.82) is 0 Å². The van der Waals surface area contributed by atoms with E-state index < -0.39 is 6.10 Å². The van der Waals surface area contributed by atoms with Crippen molar-refractivity contribution >= 4 is 28.2 Å².